The number of amides is 2. The standard InChI is InChI=1S/C27H31N5O4.3ClH/c1-4-24(33)28-19-8-9-22-20(14-19)21(27(35)36)15-23(29-22)32-12-10-31(11-13-32)16-25(34)30-26-17(2)6-5-7-18(26)3;;;/h5-9,14-15H,4,10-13,16H2,1-3H3,(H,28,33)(H,30,34)(H,35,36);3*1H. The Morgan fingerprint density at radius 3 is 2.13 bits per heavy atom. The van der Waals surface area contributed by atoms with Crippen LogP contribution in [0.3, 0.4) is 0 Å². The highest BCUT2D eigenvalue weighted by Gasteiger charge is 2.22. The van der Waals surface area contributed by atoms with Crippen LogP contribution in [-0.4, -0.2) is 65.5 Å². The van der Waals surface area contributed by atoms with Crippen LogP contribution in [0.25, 0.3) is 10.9 Å². The molecule has 12 heteroatoms. The number of benzene rings is 2. The maximum Gasteiger partial charge on any atom is 0.336 e. The third-order valence-corrected chi connectivity index (χ3v) is 6.44. The first-order valence-electron chi connectivity index (χ1n) is 12.1. The fourth-order valence-electron chi connectivity index (χ4n) is 4.41. The van der Waals surface area contributed by atoms with Gasteiger partial charge in [0.05, 0.1) is 17.6 Å². The van der Waals surface area contributed by atoms with Gasteiger partial charge in [0.2, 0.25) is 11.8 Å². The van der Waals surface area contributed by atoms with Gasteiger partial charge in [0.25, 0.3) is 0 Å². The van der Waals surface area contributed by atoms with Gasteiger partial charge in [-0.2, -0.15) is 0 Å². The van der Waals surface area contributed by atoms with Gasteiger partial charge in [-0.05, 0) is 49.2 Å². The molecule has 1 aromatic heterocycles. The van der Waals surface area contributed by atoms with E-state index < -0.39 is 5.97 Å². The fraction of sp³-hybridized carbons (Fsp3) is 0.333. The monoisotopic (exact) mass is 597 g/mol. The zero-order chi connectivity index (χ0) is 25.8. The molecule has 0 unspecified atom stereocenters. The van der Waals surface area contributed by atoms with Crippen LogP contribution in [0.15, 0.2) is 42.5 Å². The topological polar surface area (TPSA) is 115 Å². The zero-order valence-corrected chi connectivity index (χ0v) is 24.5. The maximum absolute atomic E-state index is 12.6. The number of carbonyl (C=O) groups is 3. The molecule has 1 aliphatic heterocycles. The second-order valence-electron chi connectivity index (χ2n) is 9.05. The largest absolute Gasteiger partial charge is 0.478 e. The number of carboxylic acid groups (broad SMARTS) is 1. The number of para-hydroxylation sites is 1. The summed E-state index contributed by atoms with van der Waals surface area (Å²) in [6.45, 7) is 8.56. The number of aromatic nitrogens is 1. The number of aromatic carboxylic acids is 1. The second kappa shape index (κ2) is 14.9. The highest BCUT2D eigenvalue weighted by molar-refractivity contribution is 6.05. The van der Waals surface area contributed by atoms with Crippen LogP contribution in [0.2, 0.25) is 0 Å². The van der Waals surface area contributed by atoms with Crippen molar-refractivity contribution in [2.24, 2.45) is 0 Å². The lowest BCUT2D eigenvalue weighted by Crippen LogP contribution is -2.49. The molecule has 2 heterocycles. The van der Waals surface area contributed by atoms with Crippen LogP contribution >= 0.6 is 37.2 Å². The van der Waals surface area contributed by atoms with E-state index >= 15 is 0 Å². The Bertz CT molecular complexity index is 1310. The van der Waals surface area contributed by atoms with Crippen LogP contribution in [0.4, 0.5) is 17.2 Å². The normalized spacial score (nSPS) is 12.9. The SMILES string of the molecule is CCC(=O)Nc1ccc2nc(N3CCN(CC(=O)Nc4c(C)cccc4C)CC3)cc(C(=O)O)c2c1.Cl.Cl.Cl. The molecule has 1 fully saturated rings. The highest BCUT2D eigenvalue weighted by Crippen LogP contribution is 2.27. The fourth-order valence-corrected chi connectivity index (χ4v) is 4.41. The van der Waals surface area contributed by atoms with E-state index in [-0.39, 0.29) is 54.6 Å². The maximum atomic E-state index is 12.6. The molecule has 39 heavy (non-hydrogen) atoms. The Labute approximate surface area is 246 Å². The predicted molar refractivity (Wildman–Crippen MR) is 163 cm³/mol. The second-order valence-corrected chi connectivity index (χ2v) is 9.05. The average Bonchev–Trinajstić information content (AvgIpc) is 2.86. The number of hydrogen-bond donors (Lipinski definition) is 3. The van der Waals surface area contributed by atoms with Crippen molar-refractivity contribution in [2.75, 3.05) is 48.3 Å². The molecule has 9 nitrogen and oxygen atoms in total. The number of piperazine rings is 1. The van der Waals surface area contributed by atoms with Crippen LogP contribution in [0, 0.1) is 13.8 Å². The summed E-state index contributed by atoms with van der Waals surface area (Å²) in [5.74, 6) is -0.658. The van der Waals surface area contributed by atoms with Gasteiger partial charge in [0.1, 0.15) is 5.82 Å². The lowest BCUT2D eigenvalue weighted by Gasteiger charge is -2.35. The van der Waals surface area contributed by atoms with E-state index in [9.17, 15) is 19.5 Å². The van der Waals surface area contributed by atoms with E-state index in [2.05, 4.69) is 15.5 Å². The predicted octanol–water partition coefficient (Wildman–Crippen LogP) is 4.92. The van der Waals surface area contributed by atoms with Crippen LogP contribution in [0.1, 0.15) is 34.8 Å². The average molecular weight is 599 g/mol. The molecule has 4 rings (SSSR count). The summed E-state index contributed by atoms with van der Waals surface area (Å²) in [4.78, 5) is 45.2. The Kier molecular flexibility index (Phi) is 12.9. The Balaban J connectivity index is 0.00000253. The summed E-state index contributed by atoms with van der Waals surface area (Å²) in [5.41, 5.74) is 4.15. The first-order valence-corrected chi connectivity index (χ1v) is 12.1. The minimum atomic E-state index is -1.05. The number of rotatable bonds is 7. The summed E-state index contributed by atoms with van der Waals surface area (Å²) < 4.78 is 0. The Morgan fingerprint density at radius 2 is 1.54 bits per heavy atom. The molecule has 1 aliphatic rings. The van der Waals surface area contributed by atoms with Gasteiger partial charge in [-0.15, -0.1) is 37.2 Å². The van der Waals surface area contributed by atoms with Gasteiger partial charge in [-0.25, -0.2) is 9.78 Å². The number of nitrogens with zero attached hydrogens (tertiary/aromatic N) is 3. The highest BCUT2D eigenvalue weighted by atomic mass is 35.5. The third kappa shape index (κ3) is 8.19. The first-order chi connectivity index (χ1) is 17.2. The van der Waals surface area contributed by atoms with Gasteiger partial charge in [0, 0.05) is 49.4 Å². The number of nitrogens with one attached hydrogen (secondary N) is 2. The molecule has 0 saturated carbocycles. The number of fused-ring (bicyclic) bond motifs is 1. The molecule has 1 saturated heterocycles. The van der Waals surface area contributed by atoms with Crippen LogP contribution < -0.4 is 15.5 Å². The van der Waals surface area contributed by atoms with E-state index in [4.69, 9.17) is 4.98 Å². The van der Waals surface area contributed by atoms with Crippen molar-refractivity contribution >= 4 is 83.1 Å². The number of halogens is 3. The summed E-state index contributed by atoms with van der Waals surface area (Å²) in [6, 6.07) is 12.6. The lowest BCUT2D eigenvalue weighted by molar-refractivity contribution is -0.117. The van der Waals surface area contributed by atoms with E-state index in [1.165, 1.54) is 0 Å². The molecule has 3 aromatic rings. The minimum absolute atomic E-state index is 0. The smallest absolute Gasteiger partial charge is 0.336 e. The third-order valence-electron chi connectivity index (χ3n) is 6.44. The van der Waals surface area contributed by atoms with Gasteiger partial charge < -0.3 is 20.6 Å². The van der Waals surface area contributed by atoms with Crippen LogP contribution in [0.5, 0.6) is 0 Å². The van der Waals surface area contributed by atoms with E-state index in [0.717, 1.165) is 16.8 Å². The molecule has 2 aromatic carbocycles. The molecule has 0 atom stereocenters. The van der Waals surface area contributed by atoms with Crippen molar-refractivity contribution < 1.29 is 19.5 Å². The number of carbonyl (C=O) groups excluding carboxylic acids is 2. The van der Waals surface area contributed by atoms with Crippen LogP contribution in [-0.2, 0) is 9.59 Å². The minimum Gasteiger partial charge on any atom is -0.478 e. The van der Waals surface area contributed by atoms with E-state index in [0.29, 0.717) is 61.6 Å². The summed E-state index contributed by atoms with van der Waals surface area (Å²) >= 11 is 0. The van der Waals surface area contributed by atoms with Crippen molar-refractivity contribution in [3.05, 3.63) is 59.2 Å². The van der Waals surface area contributed by atoms with Gasteiger partial charge in [-0.1, -0.05) is 25.1 Å². The molecule has 0 spiro atoms. The molecular weight excluding hydrogens is 565 g/mol. The number of pyridine rings is 1. The Hall–Kier alpha value is -3.11. The number of hydrogen-bond acceptors (Lipinski definition) is 6. The lowest BCUT2D eigenvalue weighted by atomic mass is 10.1. The van der Waals surface area contributed by atoms with Gasteiger partial charge in [0.15, 0.2) is 0 Å². The molecule has 3 N–H and O–H groups in total. The van der Waals surface area contributed by atoms with E-state index in [1.54, 1.807) is 31.2 Å². The summed E-state index contributed by atoms with van der Waals surface area (Å²) in [7, 11) is 0. The zero-order valence-electron chi connectivity index (χ0n) is 22.0. The molecular formula is C27H34Cl3N5O4. The quantitative estimate of drug-likeness (QED) is 0.353. The molecule has 0 bridgehead atoms. The number of aryl methyl sites for hydroxylation is 2. The van der Waals surface area contributed by atoms with Crippen molar-refractivity contribution in [1.82, 2.24) is 9.88 Å². The molecule has 0 aliphatic carbocycles. The number of anilines is 3. The van der Waals surface area contributed by atoms with Crippen molar-refractivity contribution in [3.63, 3.8) is 0 Å². The first kappa shape index (κ1) is 33.9. The molecule has 0 radical (unpaired) electrons. The summed E-state index contributed by atoms with van der Waals surface area (Å²) in [6.07, 6.45) is 0.334. The van der Waals surface area contributed by atoms with Crippen molar-refractivity contribution in [1.29, 1.82) is 0 Å². The van der Waals surface area contributed by atoms with Gasteiger partial charge >= 0.3 is 5.97 Å². The Morgan fingerprint density at radius 1 is 0.897 bits per heavy atom. The van der Waals surface area contributed by atoms with Crippen molar-refractivity contribution in [3.8, 4) is 0 Å². The van der Waals surface area contributed by atoms with Crippen molar-refractivity contribution in [2.45, 2.75) is 27.2 Å². The van der Waals surface area contributed by atoms with Gasteiger partial charge in [-0.3, -0.25) is 14.5 Å². The summed E-state index contributed by atoms with van der Waals surface area (Å²) in [5, 5.41) is 16.1. The molecule has 2 amide bonds. The number of carboxylic acids is 1. The molecule has 212 valence electrons. The van der Waals surface area contributed by atoms with E-state index in [1.807, 2.05) is 36.9 Å².